The Morgan fingerprint density at radius 3 is 2.56 bits per heavy atom. The van der Waals surface area contributed by atoms with Crippen molar-refractivity contribution in [1.82, 2.24) is 4.57 Å². The summed E-state index contributed by atoms with van der Waals surface area (Å²) in [5.74, 6) is -0.653. The van der Waals surface area contributed by atoms with Crippen LogP contribution in [-0.2, 0) is 17.1 Å². The summed E-state index contributed by atoms with van der Waals surface area (Å²) in [6.45, 7) is 0. The van der Waals surface area contributed by atoms with E-state index >= 15 is 0 Å². The third-order valence-corrected chi connectivity index (χ3v) is 4.89. The maximum atomic E-state index is 13.5. The highest BCUT2D eigenvalue weighted by Gasteiger charge is 2.15. The molecule has 0 aliphatic carbocycles. The van der Waals surface area contributed by atoms with Crippen LogP contribution in [0.3, 0.4) is 0 Å². The van der Waals surface area contributed by atoms with Gasteiger partial charge in [-0.2, -0.15) is 0 Å². The second kappa shape index (κ2) is 7.02. The van der Waals surface area contributed by atoms with E-state index in [4.69, 9.17) is 17.4 Å². The highest BCUT2D eigenvalue weighted by Crippen LogP contribution is 2.38. The van der Waals surface area contributed by atoms with Crippen LogP contribution in [0.4, 0.5) is 15.8 Å². The highest BCUT2D eigenvalue weighted by molar-refractivity contribution is 7.89. The van der Waals surface area contributed by atoms with Gasteiger partial charge in [0.1, 0.15) is 5.82 Å². The summed E-state index contributed by atoms with van der Waals surface area (Å²) in [5, 5.41) is 26.0. The molecule has 0 bridgehead atoms. The Morgan fingerprint density at radius 1 is 1.26 bits per heavy atom. The molecule has 0 saturated heterocycles. The molecule has 1 aromatic heterocycles. The smallest absolute Gasteiger partial charge is 0.238 e. The third-order valence-electron chi connectivity index (χ3n) is 3.78. The number of aromatic hydroxyl groups is 1. The zero-order valence-corrected chi connectivity index (χ0v) is 15.6. The number of hydrogen-bond acceptors (Lipinski definition) is 5. The SMILES string of the molecule is Cn1c(O)c(N=NC(=S)Nc2ccc(S(N)(=O)=O)cc2)c2cc(F)ccc21. The van der Waals surface area contributed by atoms with E-state index in [1.165, 1.54) is 47.0 Å². The first-order valence-electron chi connectivity index (χ1n) is 7.49. The van der Waals surface area contributed by atoms with Gasteiger partial charge in [-0.1, -0.05) is 0 Å². The number of thiocarbonyl (C=S) groups is 1. The minimum Gasteiger partial charge on any atom is -0.493 e. The number of aromatic nitrogens is 1. The molecule has 3 aromatic rings. The number of nitrogens with one attached hydrogen (secondary N) is 1. The van der Waals surface area contributed by atoms with Crippen molar-refractivity contribution < 1.29 is 17.9 Å². The number of nitrogens with zero attached hydrogens (tertiary/aromatic N) is 3. The molecule has 140 valence electrons. The fourth-order valence-corrected chi connectivity index (χ4v) is 3.13. The molecule has 0 aliphatic heterocycles. The Balaban J connectivity index is 1.82. The van der Waals surface area contributed by atoms with Gasteiger partial charge in [0.15, 0.2) is 5.69 Å². The standard InChI is InChI=1S/C16H14FN5O3S2/c1-22-13-7-2-9(17)8-12(13)14(15(22)23)20-21-16(26)19-10-3-5-11(6-4-10)27(18,24)25/h2-8,23H,1H3,(H,19,26)(H2,18,24,25). The summed E-state index contributed by atoms with van der Waals surface area (Å²) in [5.41, 5.74) is 1.14. The van der Waals surface area contributed by atoms with Gasteiger partial charge in [0, 0.05) is 18.1 Å². The largest absolute Gasteiger partial charge is 0.493 e. The van der Waals surface area contributed by atoms with E-state index in [-0.39, 0.29) is 21.6 Å². The lowest BCUT2D eigenvalue weighted by Crippen LogP contribution is -2.12. The molecule has 0 amide bonds. The average Bonchev–Trinajstić information content (AvgIpc) is 2.83. The molecule has 3 rings (SSSR count). The number of azo groups is 1. The highest BCUT2D eigenvalue weighted by atomic mass is 32.2. The van der Waals surface area contributed by atoms with Crippen molar-refractivity contribution in [3.63, 3.8) is 0 Å². The van der Waals surface area contributed by atoms with Gasteiger partial charge in [-0.25, -0.2) is 17.9 Å². The quantitative estimate of drug-likeness (QED) is 0.455. The predicted octanol–water partition coefficient (Wildman–Crippen LogP) is 3.15. The van der Waals surface area contributed by atoms with Gasteiger partial charge in [-0.3, -0.25) is 0 Å². The molecule has 0 saturated carbocycles. The number of benzene rings is 2. The van der Waals surface area contributed by atoms with Crippen LogP contribution < -0.4 is 10.5 Å². The van der Waals surface area contributed by atoms with Crippen LogP contribution in [0.15, 0.2) is 57.6 Å². The summed E-state index contributed by atoms with van der Waals surface area (Å²) in [7, 11) is -2.18. The number of nitrogens with two attached hydrogens (primary N) is 1. The second-order valence-electron chi connectivity index (χ2n) is 5.59. The van der Waals surface area contributed by atoms with Crippen LogP contribution in [0.25, 0.3) is 10.9 Å². The molecule has 0 spiro atoms. The average molecular weight is 407 g/mol. The van der Waals surface area contributed by atoms with Crippen LogP contribution in [0.2, 0.25) is 0 Å². The molecule has 1 heterocycles. The molecule has 8 nitrogen and oxygen atoms in total. The first kappa shape index (κ1) is 18.9. The predicted molar refractivity (Wildman–Crippen MR) is 103 cm³/mol. The fraction of sp³-hybridized carbons (Fsp3) is 0.0625. The van der Waals surface area contributed by atoms with Crippen LogP contribution >= 0.6 is 12.2 Å². The summed E-state index contributed by atoms with van der Waals surface area (Å²) in [4.78, 5) is -0.0386. The van der Waals surface area contributed by atoms with Gasteiger partial charge in [-0.15, -0.1) is 10.2 Å². The Kier molecular flexibility index (Phi) is 4.91. The number of halogens is 1. The Hall–Kier alpha value is -2.89. The number of rotatable bonds is 3. The number of hydrogen-bond donors (Lipinski definition) is 3. The lowest BCUT2D eigenvalue weighted by atomic mass is 10.2. The van der Waals surface area contributed by atoms with E-state index < -0.39 is 15.8 Å². The van der Waals surface area contributed by atoms with Crippen LogP contribution in [0.5, 0.6) is 5.88 Å². The Labute approximate surface area is 159 Å². The van der Waals surface area contributed by atoms with Gasteiger partial charge >= 0.3 is 0 Å². The molecule has 0 aliphatic rings. The van der Waals surface area contributed by atoms with E-state index in [0.717, 1.165) is 0 Å². The molecule has 0 unspecified atom stereocenters. The summed E-state index contributed by atoms with van der Waals surface area (Å²) in [6.07, 6.45) is 0. The zero-order chi connectivity index (χ0) is 19.8. The number of sulfonamides is 1. The Morgan fingerprint density at radius 2 is 1.93 bits per heavy atom. The van der Waals surface area contributed by atoms with Crippen molar-refractivity contribution in [2.75, 3.05) is 5.32 Å². The monoisotopic (exact) mass is 407 g/mol. The van der Waals surface area contributed by atoms with Crippen molar-refractivity contribution in [2.45, 2.75) is 4.90 Å². The minimum absolute atomic E-state index is 0.0360. The lowest BCUT2D eigenvalue weighted by molar-refractivity contribution is 0.436. The number of anilines is 1. The molecule has 4 N–H and O–H groups in total. The van der Waals surface area contributed by atoms with Crippen LogP contribution in [-0.4, -0.2) is 23.2 Å². The number of primary sulfonamides is 1. The molecular weight excluding hydrogens is 393 g/mol. The maximum absolute atomic E-state index is 13.5. The first-order valence-corrected chi connectivity index (χ1v) is 9.45. The van der Waals surface area contributed by atoms with Crippen molar-refractivity contribution >= 4 is 49.6 Å². The number of fused-ring (bicyclic) bond motifs is 1. The first-order chi connectivity index (χ1) is 12.7. The van der Waals surface area contributed by atoms with Gasteiger partial charge < -0.3 is 15.0 Å². The molecular formula is C16H14FN5O3S2. The normalized spacial score (nSPS) is 12.0. The van der Waals surface area contributed by atoms with Crippen molar-refractivity contribution in [3.05, 3.63) is 48.3 Å². The van der Waals surface area contributed by atoms with Gasteiger partial charge in [0.2, 0.25) is 21.0 Å². The van der Waals surface area contributed by atoms with Crippen molar-refractivity contribution in [3.8, 4) is 5.88 Å². The van der Waals surface area contributed by atoms with Gasteiger partial charge in [0.05, 0.1) is 10.4 Å². The van der Waals surface area contributed by atoms with E-state index in [2.05, 4.69) is 15.5 Å². The van der Waals surface area contributed by atoms with E-state index in [9.17, 15) is 17.9 Å². The molecule has 0 atom stereocenters. The topological polar surface area (TPSA) is 122 Å². The maximum Gasteiger partial charge on any atom is 0.238 e. The van der Waals surface area contributed by atoms with Gasteiger partial charge in [0.25, 0.3) is 0 Å². The lowest BCUT2D eigenvalue weighted by Gasteiger charge is -2.04. The molecule has 2 aromatic carbocycles. The second-order valence-corrected chi connectivity index (χ2v) is 7.54. The molecule has 27 heavy (non-hydrogen) atoms. The summed E-state index contributed by atoms with van der Waals surface area (Å²) in [6, 6.07) is 9.60. The molecule has 11 heteroatoms. The van der Waals surface area contributed by atoms with E-state index in [1.807, 2.05) is 0 Å². The third kappa shape index (κ3) is 3.94. The molecule has 0 fully saturated rings. The van der Waals surface area contributed by atoms with E-state index in [1.54, 1.807) is 7.05 Å². The summed E-state index contributed by atoms with van der Waals surface area (Å²) >= 11 is 5.06. The van der Waals surface area contributed by atoms with E-state index in [0.29, 0.717) is 16.6 Å². The van der Waals surface area contributed by atoms with Crippen molar-refractivity contribution in [1.29, 1.82) is 0 Å². The zero-order valence-electron chi connectivity index (χ0n) is 13.9. The van der Waals surface area contributed by atoms with Crippen molar-refractivity contribution in [2.24, 2.45) is 22.4 Å². The van der Waals surface area contributed by atoms with Crippen LogP contribution in [0.1, 0.15) is 0 Å². The van der Waals surface area contributed by atoms with Crippen LogP contribution in [0, 0.1) is 5.82 Å². The van der Waals surface area contributed by atoms with Gasteiger partial charge in [-0.05, 0) is 54.7 Å². The molecule has 0 radical (unpaired) electrons. The Bertz CT molecular complexity index is 1170. The number of aryl methyl sites for hydroxylation is 1. The minimum atomic E-state index is -3.78. The fourth-order valence-electron chi connectivity index (χ4n) is 2.45. The summed E-state index contributed by atoms with van der Waals surface area (Å²) < 4.78 is 37.4.